The molecule has 1 aliphatic carbocycles. The minimum absolute atomic E-state index is 0.320. The Labute approximate surface area is 101 Å². The zero-order chi connectivity index (χ0) is 11.4. The van der Waals surface area contributed by atoms with Gasteiger partial charge in [0.2, 0.25) is 0 Å². The summed E-state index contributed by atoms with van der Waals surface area (Å²) in [6, 6.07) is 0.497. The van der Waals surface area contributed by atoms with Gasteiger partial charge in [-0.1, -0.05) is 13.3 Å². The van der Waals surface area contributed by atoms with Crippen LogP contribution in [0.4, 0.5) is 0 Å². The largest absolute Gasteiger partial charge is 0.396 e. The van der Waals surface area contributed by atoms with Gasteiger partial charge in [0.25, 0.3) is 0 Å². The summed E-state index contributed by atoms with van der Waals surface area (Å²) in [5.74, 6) is 0.457. The van der Waals surface area contributed by atoms with E-state index < -0.39 is 0 Å². The molecule has 0 aliphatic heterocycles. The Kier molecular flexibility index (Phi) is 4.32. The Morgan fingerprint density at radius 2 is 2.44 bits per heavy atom. The average molecular weight is 240 g/mol. The second-order valence-electron chi connectivity index (χ2n) is 4.43. The highest BCUT2D eigenvalue weighted by Crippen LogP contribution is 2.25. The maximum absolute atomic E-state index is 9.23. The van der Waals surface area contributed by atoms with Crippen molar-refractivity contribution in [3.8, 4) is 0 Å². The van der Waals surface area contributed by atoms with Crippen molar-refractivity contribution >= 4 is 11.3 Å². The Bertz CT molecular complexity index is 327. The smallest absolute Gasteiger partial charge is 0.0925 e. The van der Waals surface area contributed by atoms with Crippen LogP contribution < -0.4 is 5.32 Å². The summed E-state index contributed by atoms with van der Waals surface area (Å²) in [4.78, 5) is 5.65. The van der Waals surface area contributed by atoms with Gasteiger partial charge in [0, 0.05) is 30.3 Å². The van der Waals surface area contributed by atoms with Gasteiger partial charge in [-0.3, -0.25) is 0 Å². The summed E-state index contributed by atoms with van der Waals surface area (Å²) in [6.45, 7) is 3.36. The summed E-state index contributed by atoms with van der Waals surface area (Å²) < 4.78 is 0. The molecular weight excluding hydrogens is 220 g/mol. The number of aromatic nitrogens is 1. The monoisotopic (exact) mass is 240 g/mol. The van der Waals surface area contributed by atoms with Gasteiger partial charge in [0.1, 0.15) is 0 Å². The van der Waals surface area contributed by atoms with Crippen molar-refractivity contribution in [2.45, 2.75) is 45.2 Å². The second kappa shape index (κ2) is 5.75. The summed E-state index contributed by atoms with van der Waals surface area (Å²) in [5.41, 5.74) is 0. The number of rotatable bonds is 5. The van der Waals surface area contributed by atoms with E-state index in [1.807, 2.05) is 6.20 Å². The maximum Gasteiger partial charge on any atom is 0.0925 e. The molecule has 0 aromatic carbocycles. The van der Waals surface area contributed by atoms with E-state index in [2.05, 4.69) is 17.2 Å². The molecule has 0 radical (unpaired) electrons. The minimum atomic E-state index is 0.320. The molecule has 1 aliphatic rings. The van der Waals surface area contributed by atoms with Crippen LogP contribution in [0.25, 0.3) is 0 Å². The van der Waals surface area contributed by atoms with E-state index in [9.17, 15) is 5.11 Å². The summed E-state index contributed by atoms with van der Waals surface area (Å²) in [7, 11) is 0. The summed E-state index contributed by atoms with van der Waals surface area (Å²) in [6.07, 6.45) is 6.60. The molecule has 2 N–H and O–H groups in total. The minimum Gasteiger partial charge on any atom is -0.396 e. The highest BCUT2D eigenvalue weighted by Gasteiger charge is 2.25. The lowest BCUT2D eigenvalue weighted by molar-refractivity contribution is 0.205. The first-order valence-electron chi connectivity index (χ1n) is 6.11. The number of thiazole rings is 1. The number of nitrogens with one attached hydrogen (secondary N) is 1. The molecule has 0 saturated heterocycles. The molecule has 1 aromatic rings. The first-order chi connectivity index (χ1) is 7.83. The van der Waals surface area contributed by atoms with Crippen LogP contribution >= 0.6 is 11.3 Å². The topological polar surface area (TPSA) is 45.2 Å². The number of aryl methyl sites for hydroxylation is 1. The van der Waals surface area contributed by atoms with Crippen molar-refractivity contribution in [2.75, 3.05) is 6.61 Å². The van der Waals surface area contributed by atoms with Crippen molar-refractivity contribution < 1.29 is 5.11 Å². The summed E-state index contributed by atoms with van der Waals surface area (Å²) >= 11 is 1.79. The SMILES string of the molecule is CCc1ncc(CNC2CCCC2CO)s1. The van der Waals surface area contributed by atoms with Gasteiger partial charge >= 0.3 is 0 Å². The van der Waals surface area contributed by atoms with Gasteiger partial charge in [0.05, 0.1) is 5.01 Å². The van der Waals surface area contributed by atoms with Crippen molar-refractivity contribution in [3.05, 3.63) is 16.1 Å². The molecule has 1 aromatic heterocycles. The van der Waals surface area contributed by atoms with E-state index in [1.54, 1.807) is 11.3 Å². The van der Waals surface area contributed by atoms with Gasteiger partial charge in [-0.2, -0.15) is 0 Å². The number of hydrogen-bond acceptors (Lipinski definition) is 4. The number of aliphatic hydroxyl groups excluding tert-OH is 1. The van der Waals surface area contributed by atoms with E-state index in [-0.39, 0.29) is 0 Å². The quantitative estimate of drug-likeness (QED) is 0.827. The van der Waals surface area contributed by atoms with Crippen LogP contribution in [0.2, 0.25) is 0 Å². The lowest BCUT2D eigenvalue weighted by Gasteiger charge is -2.18. The predicted octanol–water partition coefficient (Wildman–Crippen LogP) is 1.96. The Morgan fingerprint density at radius 1 is 1.56 bits per heavy atom. The third-order valence-corrected chi connectivity index (χ3v) is 4.48. The molecule has 2 rings (SSSR count). The summed E-state index contributed by atoms with van der Waals surface area (Å²) in [5, 5.41) is 14.0. The molecule has 0 bridgehead atoms. The van der Waals surface area contributed by atoms with E-state index in [4.69, 9.17) is 0 Å². The number of aliphatic hydroxyl groups is 1. The van der Waals surface area contributed by atoms with Crippen molar-refractivity contribution in [2.24, 2.45) is 5.92 Å². The third-order valence-electron chi connectivity index (χ3n) is 3.34. The molecule has 3 nitrogen and oxygen atoms in total. The third kappa shape index (κ3) is 2.81. The molecule has 90 valence electrons. The van der Waals surface area contributed by atoms with E-state index in [0.717, 1.165) is 19.4 Å². The molecule has 4 heteroatoms. The molecule has 0 amide bonds. The fourth-order valence-electron chi connectivity index (χ4n) is 2.35. The lowest BCUT2D eigenvalue weighted by Crippen LogP contribution is -2.33. The molecule has 2 atom stereocenters. The van der Waals surface area contributed by atoms with Gasteiger partial charge in [-0.05, 0) is 25.2 Å². The van der Waals surface area contributed by atoms with Crippen LogP contribution in [0.3, 0.4) is 0 Å². The normalized spacial score (nSPS) is 25.1. The van der Waals surface area contributed by atoms with Gasteiger partial charge in [0.15, 0.2) is 0 Å². The zero-order valence-corrected chi connectivity index (χ0v) is 10.6. The van der Waals surface area contributed by atoms with Crippen molar-refractivity contribution in [1.82, 2.24) is 10.3 Å². The van der Waals surface area contributed by atoms with Crippen LogP contribution in [0.5, 0.6) is 0 Å². The maximum atomic E-state index is 9.23. The van der Waals surface area contributed by atoms with E-state index in [0.29, 0.717) is 18.6 Å². The molecule has 16 heavy (non-hydrogen) atoms. The van der Waals surface area contributed by atoms with Crippen LogP contribution in [0, 0.1) is 5.92 Å². The highest BCUT2D eigenvalue weighted by molar-refractivity contribution is 7.11. The Morgan fingerprint density at radius 3 is 3.12 bits per heavy atom. The molecule has 1 fully saturated rings. The van der Waals surface area contributed by atoms with Gasteiger partial charge < -0.3 is 10.4 Å². The number of nitrogens with zero attached hydrogens (tertiary/aromatic N) is 1. The van der Waals surface area contributed by atoms with Crippen molar-refractivity contribution in [1.29, 1.82) is 0 Å². The molecule has 1 heterocycles. The van der Waals surface area contributed by atoms with Crippen LogP contribution in [0.15, 0.2) is 6.20 Å². The number of hydrogen-bond donors (Lipinski definition) is 2. The zero-order valence-electron chi connectivity index (χ0n) is 9.78. The first kappa shape index (κ1) is 12.0. The molecule has 1 saturated carbocycles. The molecule has 2 unspecified atom stereocenters. The lowest BCUT2D eigenvalue weighted by atomic mass is 10.1. The standard InChI is InChI=1S/C12H20N2OS/c1-2-12-14-7-10(16-12)6-13-11-5-3-4-9(11)8-15/h7,9,11,13,15H,2-6,8H2,1H3. The Balaban J connectivity index is 1.82. The van der Waals surface area contributed by atoms with E-state index >= 15 is 0 Å². The van der Waals surface area contributed by atoms with Gasteiger partial charge in [-0.15, -0.1) is 11.3 Å². The van der Waals surface area contributed by atoms with Crippen LogP contribution in [-0.4, -0.2) is 22.7 Å². The van der Waals surface area contributed by atoms with Crippen LogP contribution in [-0.2, 0) is 13.0 Å². The fourth-order valence-corrected chi connectivity index (χ4v) is 3.16. The second-order valence-corrected chi connectivity index (χ2v) is 5.63. The predicted molar refractivity (Wildman–Crippen MR) is 66.5 cm³/mol. The molecule has 0 spiro atoms. The van der Waals surface area contributed by atoms with E-state index in [1.165, 1.54) is 22.7 Å². The van der Waals surface area contributed by atoms with Gasteiger partial charge in [-0.25, -0.2) is 4.98 Å². The van der Waals surface area contributed by atoms with Crippen LogP contribution in [0.1, 0.15) is 36.1 Å². The molecular formula is C12H20N2OS. The Hall–Kier alpha value is -0.450. The fraction of sp³-hybridized carbons (Fsp3) is 0.750. The van der Waals surface area contributed by atoms with Crippen molar-refractivity contribution in [3.63, 3.8) is 0 Å². The highest BCUT2D eigenvalue weighted by atomic mass is 32.1. The average Bonchev–Trinajstić information content (AvgIpc) is 2.94. The first-order valence-corrected chi connectivity index (χ1v) is 6.93.